The molecule has 1 amide bonds. The third-order valence-electron chi connectivity index (χ3n) is 2.45. The highest BCUT2D eigenvalue weighted by Crippen LogP contribution is 2.12. The molecule has 1 aromatic heterocycles. The average molecular weight is 246 g/mol. The first kappa shape index (κ1) is 12.2. The van der Waals surface area contributed by atoms with E-state index in [9.17, 15) is 4.79 Å². The van der Waals surface area contributed by atoms with E-state index in [1.165, 1.54) is 0 Å². The van der Waals surface area contributed by atoms with Gasteiger partial charge in [-0.25, -0.2) is 0 Å². The van der Waals surface area contributed by atoms with E-state index in [1.807, 2.05) is 24.3 Å². The molecule has 1 aromatic carbocycles. The number of methoxy groups -OCH3 is 1. The Morgan fingerprint density at radius 3 is 2.94 bits per heavy atom. The summed E-state index contributed by atoms with van der Waals surface area (Å²) in [6.07, 6.45) is 0. The standard InChI is InChI=1S/C13H14N2O3/c1-9-6-12(15-18-9)13(16)14-8-10-4-3-5-11(7-10)17-2/h3-7H,8H2,1-2H3,(H,14,16). The van der Waals surface area contributed by atoms with Gasteiger partial charge in [0.1, 0.15) is 11.5 Å². The number of ether oxygens (including phenoxy) is 1. The molecule has 1 N–H and O–H groups in total. The lowest BCUT2D eigenvalue weighted by Gasteiger charge is -2.05. The molecule has 0 aliphatic carbocycles. The molecule has 0 unspecified atom stereocenters. The molecule has 5 nitrogen and oxygen atoms in total. The van der Waals surface area contributed by atoms with Gasteiger partial charge in [0.25, 0.3) is 5.91 Å². The first-order valence-electron chi connectivity index (χ1n) is 5.53. The van der Waals surface area contributed by atoms with Crippen molar-refractivity contribution in [1.29, 1.82) is 0 Å². The molecule has 0 radical (unpaired) electrons. The van der Waals surface area contributed by atoms with Crippen LogP contribution in [0.25, 0.3) is 0 Å². The molecule has 2 rings (SSSR count). The summed E-state index contributed by atoms with van der Waals surface area (Å²) >= 11 is 0. The fourth-order valence-electron chi connectivity index (χ4n) is 1.53. The molecule has 0 aliphatic heterocycles. The number of rotatable bonds is 4. The zero-order valence-corrected chi connectivity index (χ0v) is 10.3. The Morgan fingerprint density at radius 1 is 1.44 bits per heavy atom. The topological polar surface area (TPSA) is 64.4 Å². The second-order valence-electron chi connectivity index (χ2n) is 3.86. The van der Waals surface area contributed by atoms with Crippen LogP contribution in [-0.2, 0) is 6.54 Å². The van der Waals surface area contributed by atoms with Gasteiger partial charge in [0.2, 0.25) is 0 Å². The summed E-state index contributed by atoms with van der Waals surface area (Å²) in [5.74, 6) is 1.12. The summed E-state index contributed by atoms with van der Waals surface area (Å²) in [6, 6.07) is 9.11. The lowest BCUT2D eigenvalue weighted by atomic mass is 10.2. The van der Waals surface area contributed by atoms with E-state index in [1.54, 1.807) is 20.1 Å². The van der Waals surface area contributed by atoms with Gasteiger partial charge in [-0.1, -0.05) is 17.3 Å². The molecule has 2 aromatic rings. The van der Waals surface area contributed by atoms with Gasteiger partial charge in [-0.15, -0.1) is 0 Å². The Morgan fingerprint density at radius 2 is 2.28 bits per heavy atom. The normalized spacial score (nSPS) is 10.1. The van der Waals surface area contributed by atoms with Crippen LogP contribution < -0.4 is 10.1 Å². The van der Waals surface area contributed by atoms with Crippen molar-refractivity contribution >= 4 is 5.91 Å². The maximum Gasteiger partial charge on any atom is 0.273 e. The first-order valence-corrected chi connectivity index (χ1v) is 5.53. The molecule has 0 saturated carbocycles. The summed E-state index contributed by atoms with van der Waals surface area (Å²) in [6.45, 7) is 2.16. The van der Waals surface area contributed by atoms with Crippen LogP contribution in [0.1, 0.15) is 21.8 Å². The van der Waals surface area contributed by atoms with Crippen LogP contribution in [0.3, 0.4) is 0 Å². The van der Waals surface area contributed by atoms with Crippen molar-refractivity contribution in [3.8, 4) is 5.75 Å². The molecule has 0 bridgehead atoms. The minimum absolute atomic E-state index is 0.255. The van der Waals surface area contributed by atoms with Gasteiger partial charge in [0, 0.05) is 12.6 Å². The molecular weight excluding hydrogens is 232 g/mol. The van der Waals surface area contributed by atoms with Crippen molar-refractivity contribution in [2.75, 3.05) is 7.11 Å². The number of aryl methyl sites for hydroxylation is 1. The number of nitrogens with one attached hydrogen (secondary N) is 1. The van der Waals surface area contributed by atoms with Crippen LogP contribution in [0.4, 0.5) is 0 Å². The fourth-order valence-corrected chi connectivity index (χ4v) is 1.53. The van der Waals surface area contributed by atoms with Crippen LogP contribution in [-0.4, -0.2) is 18.2 Å². The van der Waals surface area contributed by atoms with Crippen molar-refractivity contribution in [3.05, 3.63) is 47.3 Å². The minimum atomic E-state index is -0.255. The number of carbonyl (C=O) groups is 1. The maximum absolute atomic E-state index is 11.7. The number of carbonyl (C=O) groups excluding carboxylic acids is 1. The van der Waals surface area contributed by atoms with Gasteiger partial charge < -0.3 is 14.6 Å². The van der Waals surface area contributed by atoms with Gasteiger partial charge in [-0.2, -0.15) is 0 Å². The fraction of sp³-hybridized carbons (Fsp3) is 0.231. The van der Waals surface area contributed by atoms with Crippen LogP contribution in [0, 0.1) is 6.92 Å². The molecule has 0 atom stereocenters. The molecule has 18 heavy (non-hydrogen) atoms. The smallest absolute Gasteiger partial charge is 0.273 e. The summed E-state index contributed by atoms with van der Waals surface area (Å²) in [5, 5.41) is 6.41. The quantitative estimate of drug-likeness (QED) is 0.895. The van der Waals surface area contributed by atoms with Crippen molar-refractivity contribution in [3.63, 3.8) is 0 Å². The molecule has 0 spiro atoms. The second-order valence-corrected chi connectivity index (χ2v) is 3.86. The van der Waals surface area contributed by atoms with Gasteiger partial charge in [-0.05, 0) is 24.6 Å². The van der Waals surface area contributed by atoms with E-state index >= 15 is 0 Å². The van der Waals surface area contributed by atoms with E-state index < -0.39 is 0 Å². The maximum atomic E-state index is 11.7. The molecule has 5 heteroatoms. The van der Waals surface area contributed by atoms with Crippen LogP contribution in [0.5, 0.6) is 5.75 Å². The van der Waals surface area contributed by atoms with E-state index in [0.29, 0.717) is 12.3 Å². The van der Waals surface area contributed by atoms with E-state index in [0.717, 1.165) is 11.3 Å². The Bertz CT molecular complexity index is 549. The Hall–Kier alpha value is -2.30. The summed E-state index contributed by atoms with van der Waals surface area (Å²) in [5.41, 5.74) is 1.25. The molecular formula is C13H14N2O3. The van der Waals surface area contributed by atoms with Gasteiger partial charge in [0.15, 0.2) is 5.69 Å². The van der Waals surface area contributed by atoms with Gasteiger partial charge >= 0.3 is 0 Å². The Balaban J connectivity index is 1.97. The zero-order chi connectivity index (χ0) is 13.0. The highest BCUT2D eigenvalue weighted by Gasteiger charge is 2.10. The monoisotopic (exact) mass is 246 g/mol. The Labute approximate surface area is 105 Å². The molecule has 0 saturated heterocycles. The van der Waals surface area contributed by atoms with Gasteiger partial charge in [-0.3, -0.25) is 4.79 Å². The zero-order valence-electron chi connectivity index (χ0n) is 10.3. The van der Waals surface area contributed by atoms with Crippen molar-refractivity contribution in [1.82, 2.24) is 10.5 Å². The molecule has 0 aliphatic rings. The van der Waals surface area contributed by atoms with Crippen molar-refractivity contribution in [2.24, 2.45) is 0 Å². The largest absolute Gasteiger partial charge is 0.497 e. The summed E-state index contributed by atoms with van der Waals surface area (Å²) in [7, 11) is 1.61. The number of nitrogens with zero attached hydrogens (tertiary/aromatic N) is 1. The van der Waals surface area contributed by atoms with Crippen LogP contribution in [0.15, 0.2) is 34.9 Å². The van der Waals surface area contributed by atoms with Crippen LogP contribution in [0.2, 0.25) is 0 Å². The molecule has 0 fully saturated rings. The van der Waals surface area contributed by atoms with Crippen LogP contribution >= 0.6 is 0 Å². The summed E-state index contributed by atoms with van der Waals surface area (Å²) < 4.78 is 9.95. The predicted octanol–water partition coefficient (Wildman–Crippen LogP) is 1.92. The van der Waals surface area contributed by atoms with E-state index in [2.05, 4.69) is 10.5 Å². The molecule has 1 heterocycles. The number of hydrogen-bond donors (Lipinski definition) is 1. The highest BCUT2D eigenvalue weighted by atomic mass is 16.5. The van der Waals surface area contributed by atoms with Crippen molar-refractivity contribution < 1.29 is 14.1 Å². The third-order valence-corrected chi connectivity index (χ3v) is 2.45. The van der Waals surface area contributed by atoms with E-state index in [4.69, 9.17) is 9.26 Å². The predicted molar refractivity (Wildman–Crippen MR) is 65.4 cm³/mol. The highest BCUT2D eigenvalue weighted by molar-refractivity contribution is 5.92. The SMILES string of the molecule is COc1cccc(CNC(=O)c2cc(C)on2)c1. The summed E-state index contributed by atoms with van der Waals surface area (Å²) in [4.78, 5) is 11.7. The second kappa shape index (κ2) is 5.35. The minimum Gasteiger partial charge on any atom is -0.497 e. The number of aromatic nitrogens is 1. The van der Waals surface area contributed by atoms with Crippen molar-refractivity contribution in [2.45, 2.75) is 13.5 Å². The van der Waals surface area contributed by atoms with Gasteiger partial charge in [0.05, 0.1) is 7.11 Å². The average Bonchev–Trinajstić information content (AvgIpc) is 2.83. The Kier molecular flexibility index (Phi) is 3.62. The lowest BCUT2D eigenvalue weighted by Crippen LogP contribution is -2.23. The molecule has 94 valence electrons. The number of hydrogen-bond acceptors (Lipinski definition) is 4. The lowest BCUT2D eigenvalue weighted by molar-refractivity contribution is 0.0941. The third kappa shape index (κ3) is 2.88. The number of benzene rings is 1. The first-order chi connectivity index (χ1) is 8.69. The van der Waals surface area contributed by atoms with E-state index in [-0.39, 0.29) is 11.6 Å². The number of amides is 1.